The Morgan fingerprint density at radius 3 is 2.79 bits per heavy atom. The van der Waals surface area contributed by atoms with Gasteiger partial charge in [-0.25, -0.2) is 0 Å². The molecule has 0 aliphatic rings. The molecule has 3 N–H and O–H groups in total. The number of rotatable bonds is 4. The molecule has 8 heteroatoms. The van der Waals surface area contributed by atoms with Gasteiger partial charge in [0, 0.05) is 12.4 Å². The van der Waals surface area contributed by atoms with Crippen LogP contribution in [0.4, 0.5) is 5.69 Å². The molecule has 0 unspecified atom stereocenters. The topological polar surface area (TPSA) is 117 Å². The first-order chi connectivity index (χ1) is 9.04. The van der Waals surface area contributed by atoms with Gasteiger partial charge in [0.05, 0.1) is 23.6 Å². The largest absolute Gasteiger partial charge is 0.506 e. The Hall–Kier alpha value is -2.90. The van der Waals surface area contributed by atoms with Crippen LogP contribution in [0.5, 0.6) is 5.75 Å². The van der Waals surface area contributed by atoms with Crippen molar-refractivity contribution >= 4 is 17.6 Å². The van der Waals surface area contributed by atoms with Gasteiger partial charge in [0.25, 0.3) is 5.91 Å². The number of anilines is 1. The Kier molecular flexibility index (Phi) is 3.42. The highest BCUT2D eigenvalue weighted by molar-refractivity contribution is 6.04. The molecule has 8 nitrogen and oxygen atoms in total. The van der Waals surface area contributed by atoms with Crippen LogP contribution >= 0.6 is 0 Å². The van der Waals surface area contributed by atoms with Gasteiger partial charge in [-0.15, -0.1) is 0 Å². The fourth-order valence-electron chi connectivity index (χ4n) is 1.41. The summed E-state index contributed by atoms with van der Waals surface area (Å²) in [5.41, 5.74) is 0.542. The van der Waals surface area contributed by atoms with Crippen molar-refractivity contribution in [2.45, 2.75) is 6.54 Å². The third-order valence-corrected chi connectivity index (χ3v) is 2.17. The summed E-state index contributed by atoms with van der Waals surface area (Å²) in [4.78, 5) is 25.9. The Balaban J connectivity index is 2.06. The SMILES string of the molecule is O=C(O)Cn1cc(NC(=O)c2cncc(O)c2)cn1. The van der Waals surface area contributed by atoms with E-state index < -0.39 is 11.9 Å². The van der Waals surface area contributed by atoms with Crippen molar-refractivity contribution in [3.63, 3.8) is 0 Å². The number of aromatic hydroxyl groups is 1. The lowest BCUT2D eigenvalue weighted by molar-refractivity contribution is -0.137. The minimum Gasteiger partial charge on any atom is -0.506 e. The fourth-order valence-corrected chi connectivity index (χ4v) is 1.41. The summed E-state index contributed by atoms with van der Waals surface area (Å²) in [6.45, 7) is -0.288. The van der Waals surface area contributed by atoms with E-state index in [-0.39, 0.29) is 17.9 Å². The molecular formula is C11H10N4O4. The van der Waals surface area contributed by atoms with Crippen LogP contribution in [-0.2, 0) is 11.3 Å². The highest BCUT2D eigenvalue weighted by Crippen LogP contribution is 2.11. The molecule has 0 spiro atoms. The number of amides is 1. The van der Waals surface area contributed by atoms with E-state index in [1.54, 1.807) is 0 Å². The molecule has 0 radical (unpaired) electrons. The maximum absolute atomic E-state index is 11.8. The third kappa shape index (κ3) is 3.28. The number of pyridine rings is 1. The highest BCUT2D eigenvalue weighted by Gasteiger charge is 2.09. The van der Waals surface area contributed by atoms with Crippen molar-refractivity contribution in [2.24, 2.45) is 0 Å². The van der Waals surface area contributed by atoms with Gasteiger partial charge >= 0.3 is 5.97 Å². The van der Waals surface area contributed by atoms with Crippen LogP contribution in [0.15, 0.2) is 30.9 Å². The van der Waals surface area contributed by atoms with Gasteiger partial charge in [0.1, 0.15) is 12.3 Å². The minimum absolute atomic E-state index is 0.116. The fraction of sp³-hybridized carbons (Fsp3) is 0.0909. The average molecular weight is 262 g/mol. The molecule has 0 bridgehead atoms. The summed E-state index contributed by atoms with van der Waals surface area (Å²) >= 11 is 0. The van der Waals surface area contributed by atoms with E-state index in [0.29, 0.717) is 5.69 Å². The summed E-state index contributed by atoms with van der Waals surface area (Å²) in [6.07, 6.45) is 5.23. The zero-order valence-electron chi connectivity index (χ0n) is 9.65. The number of hydrogen-bond acceptors (Lipinski definition) is 5. The normalized spacial score (nSPS) is 10.1. The molecule has 1 amide bonds. The van der Waals surface area contributed by atoms with Gasteiger partial charge in [-0.3, -0.25) is 19.3 Å². The Morgan fingerprint density at radius 2 is 2.11 bits per heavy atom. The zero-order valence-corrected chi connectivity index (χ0v) is 9.65. The van der Waals surface area contributed by atoms with E-state index >= 15 is 0 Å². The maximum atomic E-state index is 11.8. The van der Waals surface area contributed by atoms with Gasteiger partial charge < -0.3 is 15.5 Å². The molecule has 2 aromatic rings. The lowest BCUT2D eigenvalue weighted by atomic mass is 10.2. The molecule has 0 fully saturated rings. The second-order valence-electron chi connectivity index (χ2n) is 3.71. The predicted molar refractivity (Wildman–Crippen MR) is 63.7 cm³/mol. The van der Waals surface area contributed by atoms with E-state index in [9.17, 15) is 14.7 Å². The number of hydrogen-bond donors (Lipinski definition) is 3. The lowest BCUT2D eigenvalue weighted by Crippen LogP contribution is -2.12. The molecule has 98 valence electrons. The van der Waals surface area contributed by atoms with Crippen LogP contribution < -0.4 is 5.32 Å². The molecule has 2 aromatic heterocycles. The number of carbonyl (C=O) groups excluding carboxylic acids is 1. The Bertz CT molecular complexity index is 623. The van der Waals surface area contributed by atoms with E-state index in [2.05, 4.69) is 15.4 Å². The average Bonchev–Trinajstić information content (AvgIpc) is 2.75. The van der Waals surface area contributed by atoms with Crippen LogP contribution in [-0.4, -0.2) is 36.9 Å². The van der Waals surface area contributed by atoms with Crippen molar-refractivity contribution in [3.8, 4) is 5.75 Å². The smallest absolute Gasteiger partial charge is 0.325 e. The monoisotopic (exact) mass is 262 g/mol. The maximum Gasteiger partial charge on any atom is 0.325 e. The van der Waals surface area contributed by atoms with Crippen LogP contribution in [0.1, 0.15) is 10.4 Å². The summed E-state index contributed by atoms with van der Waals surface area (Å²) in [6, 6.07) is 1.27. The van der Waals surface area contributed by atoms with Crippen LogP contribution in [0.2, 0.25) is 0 Å². The standard InChI is InChI=1S/C11H10N4O4/c16-9-1-7(2-12-4-9)11(19)14-8-3-13-15(5-8)6-10(17)18/h1-5,16H,6H2,(H,14,19)(H,17,18). The lowest BCUT2D eigenvalue weighted by Gasteiger charge is -2.02. The first-order valence-electron chi connectivity index (χ1n) is 5.24. The molecule has 19 heavy (non-hydrogen) atoms. The molecule has 0 aliphatic heterocycles. The molecule has 2 rings (SSSR count). The summed E-state index contributed by atoms with van der Waals surface area (Å²) in [7, 11) is 0. The summed E-state index contributed by atoms with van der Waals surface area (Å²) in [5.74, 6) is -1.62. The first kappa shape index (κ1) is 12.6. The van der Waals surface area contributed by atoms with E-state index in [1.807, 2.05) is 0 Å². The van der Waals surface area contributed by atoms with Gasteiger partial charge in [0.15, 0.2) is 0 Å². The van der Waals surface area contributed by atoms with Gasteiger partial charge in [-0.05, 0) is 6.07 Å². The van der Waals surface area contributed by atoms with Crippen molar-refractivity contribution in [2.75, 3.05) is 5.32 Å². The molecule has 2 heterocycles. The Labute approximate surface area is 107 Å². The van der Waals surface area contributed by atoms with Crippen LogP contribution in [0.25, 0.3) is 0 Å². The number of carboxylic acids is 1. The number of aliphatic carboxylic acids is 1. The number of nitrogens with zero attached hydrogens (tertiary/aromatic N) is 3. The van der Waals surface area contributed by atoms with E-state index in [4.69, 9.17) is 5.11 Å². The number of aromatic nitrogens is 3. The quantitative estimate of drug-likeness (QED) is 0.730. The summed E-state index contributed by atoms with van der Waals surface area (Å²) < 4.78 is 1.18. The number of nitrogens with one attached hydrogen (secondary N) is 1. The highest BCUT2D eigenvalue weighted by atomic mass is 16.4. The predicted octanol–water partition coefficient (Wildman–Crippen LogP) is 0.321. The number of carbonyl (C=O) groups is 2. The molecule has 0 atom stereocenters. The zero-order chi connectivity index (χ0) is 13.8. The van der Waals surface area contributed by atoms with Crippen molar-refractivity contribution in [1.29, 1.82) is 0 Å². The molecule has 0 aromatic carbocycles. The number of carboxylic acid groups (broad SMARTS) is 1. The molecular weight excluding hydrogens is 252 g/mol. The van der Waals surface area contributed by atoms with Crippen LogP contribution in [0, 0.1) is 0 Å². The Morgan fingerprint density at radius 1 is 1.32 bits per heavy atom. The van der Waals surface area contributed by atoms with Gasteiger partial charge in [0.2, 0.25) is 0 Å². The molecule has 0 saturated heterocycles. The minimum atomic E-state index is -1.03. The molecule has 0 saturated carbocycles. The first-order valence-corrected chi connectivity index (χ1v) is 5.24. The van der Waals surface area contributed by atoms with Gasteiger partial charge in [-0.1, -0.05) is 0 Å². The second-order valence-corrected chi connectivity index (χ2v) is 3.71. The van der Waals surface area contributed by atoms with Crippen LogP contribution in [0.3, 0.4) is 0 Å². The van der Waals surface area contributed by atoms with Crippen molar-refractivity contribution in [3.05, 3.63) is 36.4 Å². The molecule has 0 aliphatic carbocycles. The third-order valence-electron chi connectivity index (χ3n) is 2.17. The van der Waals surface area contributed by atoms with Crippen molar-refractivity contribution < 1.29 is 19.8 Å². The van der Waals surface area contributed by atoms with Gasteiger partial charge in [-0.2, -0.15) is 5.10 Å². The summed E-state index contributed by atoms with van der Waals surface area (Å²) in [5, 5.41) is 24.1. The second kappa shape index (κ2) is 5.17. The van der Waals surface area contributed by atoms with E-state index in [0.717, 1.165) is 0 Å². The van der Waals surface area contributed by atoms with E-state index in [1.165, 1.54) is 35.5 Å². The van der Waals surface area contributed by atoms with Crippen molar-refractivity contribution in [1.82, 2.24) is 14.8 Å².